The lowest BCUT2D eigenvalue weighted by Gasteiger charge is -2.11. The standard InChI is InChI=1S/C33H23BrI2N2O2/c1-20-3-9-24(10-4-20)30-27(17-37)33(40-31(30)25-11-5-21(2)6-12-25)38-18-23-15-28(35)32(29(36)16-23)39-19-22-7-13-26(34)14-8-22/h3-16,18H,19H2,1-2H3. The number of aryl methyl sites for hydroxylation is 2. The summed E-state index contributed by atoms with van der Waals surface area (Å²) in [7, 11) is 0. The fourth-order valence-corrected chi connectivity index (χ4v) is 6.57. The van der Waals surface area contributed by atoms with Crippen molar-refractivity contribution < 1.29 is 9.15 Å². The fourth-order valence-electron chi connectivity index (χ4n) is 4.18. The first-order valence-corrected chi connectivity index (χ1v) is 15.4. The molecule has 198 valence electrons. The van der Waals surface area contributed by atoms with Gasteiger partial charge in [-0.25, -0.2) is 4.99 Å². The van der Waals surface area contributed by atoms with Gasteiger partial charge in [-0.3, -0.25) is 0 Å². The highest BCUT2D eigenvalue weighted by atomic mass is 127. The first-order chi connectivity index (χ1) is 19.3. The minimum absolute atomic E-state index is 0.286. The monoisotopic (exact) mass is 812 g/mol. The molecular weight excluding hydrogens is 790 g/mol. The predicted octanol–water partition coefficient (Wildman–Crippen LogP) is 10.4. The third kappa shape index (κ3) is 6.51. The first kappa shape index (κ1) is 28.6. The molecule has 0 saturated carbocycles. The maximum atomic E-state index is 10.2. The van der Waals surface area contributed by atoms with Crippen LogP contribution in [0.5, 0.6) is 5.75 Å². The van der Waals surface area contributed by atoms with Crippen LogP contribution in [-0.4, -0.2) is 6.21 Å². The Morgan fingerprint density at radius 1 is 0.875 bits per heavy atom. The molecule has 0 fully saturated rings. The van der Waals surface area contributed by atoms with Crippen LogP contribution in [0.3, 0.4) is 0 Å². The van der Waals surface area contributed by atoms with Crippen LogP contribution in [0, 0.1) is 32.3 Å². The van der Waals surface area contributed by atoms with Crippen molar-refractivity contribution in [1.82, 2.24) is 0 Å². The molecule has 0 spiro atoms. The van der Waals surface area contributed by atoms with E-state index in [9.17, 15) is 5.26 Å². The Hall–Kier alpha value is -2.94. The summed E-state index contributed by atoms with van der Waals surface area (Å²) in [5.41, 5.74) is 7.26. The summed E-state index contributed by atoms with van der Waals surface area (Å²) in [5.74, 6) is 1.75. The molecule has 0 bridgehead atoms. The van der Waals surface area contributed by atoms with Gasteiger partial charge >= 0.3 is 0 Å². The molecule has 0 unspecified atom stereocenters. The van der Waals surface area contributed by atoms with E-state index in [-0.39, 0.29) is 5.88 Å². The van der Waals surface area contributed by atoms with E-state index in [4.69, 9.17) is 9.15 Å². The second-order valence-corrected chi connectivity index (χ2v) is 12.6. The number of nitrogens with zero attached hydrogens (tertiary/aromatic N) is 2. The molecule has 7 heteroatoms. The van der Waals surface area contributed by atoms with E-state index in [2.05, 4.69) is 72.2 Å². The van der Waals surface area contributed by atoms with Crippen molar-refractivity contribution in [3.63, 3.8) is 0 Å². The van der Waals surface area contributed by atoms with Gasteiger partial charge in [0.25, 0.3) is 0 Å². The van der Waals surface area contributed by atoms with Crippen molar-refractivity contribution in [2.45, 2.75) is 20.5 Å². The molecule has 0 aliphatic carbocycles. The van der Waals surface area contributed by atoms with E-state index in [0.29, 0.717) is 17.9 Å². The van der Waals surface area contributed by atoms with Crippen LogP contribution in [0.15, 0.2) is 98.8 Å². The Kier molecular flexibility index (Phi) is 9.08. The average molecular weight is 813 g/mol. The predicted molar refractivity (Wildman–Crippen MR) is 181 cm³/mol. The Labute approximate surface area is 269 Å². The molecule has 0 aliphatic rings. The summed E-state index contributed by atoms with van der Waals surface area (Å²) in [6.45, 7) is 4.57. The van der Waals surface area contributed by atoms with Gasteiger partial charge in [-0.15, -0.1) is 0 Å². The van der Waals surface area contributed by atoms with E-state index < -0.39 is 0 Å². The highest BCUT2D eigenvalue weighted by Crippen LogP contribution is 2.42. The molecular formula is C33H23BrI2N2O2. The Morgan fingerprint density at radius 2 is 1.45 bits per heavy atom. The van der Waals surface area contributed by atoms with E-state index in [1.807, 2.05) is 98.8 Å². The fraction of sp³-hybridized carbons (Fsp3) is 0.0909. The van der Waals surface area contributed by atoms with Gasteiger partial charge in [0.2, 0.25) is 5.88 Å². The maximum absolute atomic E-state index is 10.2. The second kappa shape index (κ2) is 12.7. The van der Waals surface area contributed by atoms with Gasteiger partial charge in [0.1, 0.15) is 29.7 Å². The molecule has 4 aromatic carbocycles. The van der Waals surface area contributed by atoms with Crippen LogP contribution in [0.2, 0.25) is 0 Å². The molecule has 40 heavy (non-hydrogen) atoms. The Morgan fingerprint density at radius 3 is 2.02 bits per heavy atom. The molecule has 0 N–H and O–H groups in total. The molecule has 0 saturated heterocycles. The molecule has 0 aliphatic heterocycles. The summed E-state index contributed by atoms with van der Waals surface area (Å²) in [6, 6.07) is 30.7. The zero-order valence-electron chi connectivity index (χ0n) is 21.7. The lowest BCUT2D eigenvalue weighted by Crippen LogP contribution is -2.00. The van der Waals surface area contributed by atoms with E-state index >= 15 is 0 Å². The molecule has 1 aromatic heterocycles. The van der Waals surface area contributed by atoms with Gasteiger partial charge in [0.15, 0.2) is 0 Å². The first-order valence-electron chi connectivity index (χ1n) is 12.4. The van der Waals surface area contributed by atoms with Gasteiger partial charge in [0.05, 0.1) is 7.14 Å². The number of nitriles is 1. The average Bonchev–Trinajstić information content (AvgIpc) is 3.31. The lowest BCUT2D eigenvalue weighted by molar-refractivity contribution is 0.301. The third-order valence-electron chi connectivity index (χ3n) is 6.30. The van der Waals surface area contributed by atoms with Crippen LogP contribution < -0.4 is 4.74 Å². The molecule has 0 radical (unpaired) electrons. The highest BCUT2D eigenvalue weighted by molar-refractivity contribution is 14.1. The number of hydrogen-bond donors (Lipinski definition) is 0. The van der Waals surface area contributed by atoms with Gasteiger partial charge < -0.3 is 9.15 Å². The quantitative estimate of drug-likeness (QED) is 0.122. The number of ether oxygens (including phenoxy) is 1. The Bertz CT molecular complexity index is 1710. The minimum Gasteiger partial charge on any atom is -0.487 e. The van der Waals surface area contributed by atoms with Gasteiger partial charge in [-0.2, -0.15) is 5.26 Å². The zero-order valence-corrected chi connectivity index (χ0v) is 27.6. The minimum atomic E-state index is 0.286. The van der Waals surface area contributed by atoms with Gasteiger partial charge in [-0.1, -0.05) is 87.7 Å². The van der Waals surface area contributed by atoms with Gasteiger partial charge in [0, 0.05) is 21.8 Å². The number of halogens is 3. The largest absolute Gasteiger partial charge is 0.487 e. The number of rotatable bonds is 7. The van der Waals surface area contributed by atoms with Crippen molar-refractivity contribution in [3.8, 4) is 34.3 Å². The summed E-state index contributed by atoms with van der Waals surface area (Å²) in [6.07, 6.45) is 1.74. The normalized spacial score (nSPS) is 11.1. The Balaban J connectivity index is 1.48. The topological polar surface area (TPSA) is 58.5 Å². The van der Waals surface area contributed by atoms with E-state index in [1.165, 1.54) is 0 Å². The van der Waals surface area contributed by atoms with Crippen molar-refractivity contribution in [3.05, 3.63) is 124 Å². The summed E-state index contributed by atoms with van der Waals surface area (Å²) >= 11 is 8.03. The molecule has 5 aromatic rings. The summed E-state index contributed by atoms with van der Waals surface area (Å²) in [5, 5.41) is 10.2. The number of aliphatic imine (C=N–C) groups is 1. The smallest absolute Gasteiger partial charge is 0.238 e. The molecule has 1 heterocycles. The second-order valence-electron chi connectivity index (χ2n) is 9.32. The number of benzene rings is 4. The molecule has 4 nitrogen and oxygen atoms in total. The zero-order chi connectivity index (χ0) is 28.2. The van der Waals surface area contributed by atoms with Gasteiger partial charge in [-0.05, 0) is 100.0 Å². The summed E-state index contributed by atoms with van der Waals surface area (Å²) < 4.78 is 15.4. The number of furan rings is 1. The summed E-state index contributed by atoms with van der Waals surface area (Å²) in [4.78, 5) is 4.66. The third-order valence-corrected chi connectivity index (χ3v) is 8.43. The van der Waals surface area contributed by atoms with Crippen molar-refractivity contribution in [1.29, 1.82) is 5.26 Å². The molecule has 0 amide bonds. The maximum Gasteiger partial charge on any atom is 0.238 e. The van der Waals surface area contributed by atoms with Crippen LogP contribution in [-0.2, 0) is 6.61 Å². The van der Waals surface area contributed by atoms with Crippen LogP contribution >= 0.6 is 61.1 Å². The van der Waals surface area contributed by atoms with Crippen LogP contribution in [0.25, 0.3) is 22.5 Å². The van der Waals surface area contributed by atoms with Crippen molar-refractivity contribution in [2.75, 3.05) is 0 Å². The van der Waals surface area contributed by atoms with Crippen molar-refractivity contribution in [2.24, 2.45) is 4.99 Å². The van der Waals surface area contributed by atoms with E-state index in [1.54, 1.807) is 6.21 Å². The highest BCUT2D eigenvalue weighted by Gasteiger charge is 2.23. The van der Waals surface area contributed by atoms with E-state index in [0.717, 1.165) is 56.3 Å². The number of hydrogen-bond acceptors (Lipinski definition) is 4. The SMILES string of the molecule is Cc1ccc(-c2oc(N=Cc3cc(I)c(OCc4ccc(Br)cc4)c(I)c3)c(C#N)c2-c2ccc(C)cc2)cc1. The molecule has 5 rings (SSSR count). The van der Waals surface area contributed by atoms with Crippen molar-refractivity contribution >= 4 is 73.2 Å². The van der Waals surface area contributed by atoms with Crippen LogP contribution in [0.1, 0.15) is 27.8 Å². The molecule has 0 atom stereocenters. The van der Waals surface area contributed by atoms with Crippen LogP contribution in [0.4, 0.5) is 5.88 Å². The lowest BCUT2D eigenvalue weighted by atomic mass is 9.97.